The van der Waals surface area contributed by atoms with Gasteiger partial charge in [-0.3, -0.25) is 4.79 Å². The fourth-order valence-electron chi connectivity index (χ4n) is 3.97. The van der Waals surface area contributed by atoms with Gasteiger partial charge in [0.05, 0.1) is 19.1 Å². The number of aliphatic carboxylic acids is 1. The highest BCUT2D eigenvalue weighted by Gasteiger charge is 2.41. The van der Waals surface area contributed by atoms with Gasteiger partial charge < -0.3 is 19.5 Å². The molecule has 0 unspecified atom stereocenters. The minimum Gasteiger partial charge on any atom is -0.549 e. The number of benzene rings is 3. The number of ether oxygens (including phenoxy) is 1. The Labute approximate surface area is 169 Å². The van der Waals surface area contributed by atoms with Gasteiger partial charge in [0, 0.05) is 18.0 Å². The highest BCUT2D eigenvalue weighted by atomic mass is 16.5. The van der Waals surface area contributed by atoms with Gasteiger partial charge in [-0.15, -0.1) is 0 Å². The number of hydrogen-bond donors (Lipinski definition) is 0. The molecule has 1 heterocycles. The van der Waals surface area contributed by atoms with E-state index in [-0.39, 0.29) is 5.91 Å². The molecule has 0 aromatic heterocycles. The second-order valence-electron chi connectivity index (χ2n) is 7.02. The summed E-state index contributed by atoms with van der Waals surface area (Å²) >= 11 is 0. The van der Waals surface area contributed by atoms with E-state index in [1.54, 1.807) is 60.5 Å². The summed E-state index contributed by atoms with van der Waals surface area (Å²) in [6.45, 7) is 0.300. The zero-order chi connectivity index (χ0) is 20.4. The largest absolute Gasteiger partial charge is 0.549 e. The molecule has 2 atom stereocenters. The van der Waals surface area contributed by atoms with Gasteiger partial charge >= 0.3 is 0 Å². The van der Waals surface area contributed by atoms with Crippen LogP contribution in [0.15, 0.2) is 78.9 Å². The first kappa shape index (κ1) is 18.7. The number of fused-ring (bicyclic) bond motifs is 1. The normalized spacial score (nSPS) is 18.2. The molecule has 4 rings (SSSR count). The first-order valence-corrected chi connectivity index (χ1v) is 9.39. The number of methoxy groups -OCH3 is 1. The number of carboxylic acids is 1. The summed E-state index contributed by atoms with van der Waals surface area (Å²) in [5.74, 6) is -1.71. The maximum Gasteiger partial charge on any atom is 0.255 e. The lowest BCUT2D eigenvalue weighted by Crippen LogP contribution is -2.47. The summed E-state index contributed by atoms with van der Waals surface area (Å²) in [7, 11) is 1.57. The third-order valence-corrected chi connectivity index (χ3v) is 5.35. The molecule has 29 heavy (non-hydrogen) atoms. The van der Waals surface area contributed by atoms with Crippen molar-refractivity contribution < 1.29 is 19.4 Å². The fraction of sp³-hybridized carbons (Fsp3) is 0.167. The predicted molar refractivity (Wildman–Crippen MR) is 106 cm³/mol. The van der Waals surface area contributed by atoms with Gasteiger partial charge in [-0.05, 0) is 34.9 Å². The smallest absolute Gasteiger partial charge is 0.255 e. The molecule has 5 nitrogen and oxygen atoms in total. The summed E-state index contributed by atoms with van der Waals surface area (Å²) in [6.07, 6.45) is 0. The Balaban J connectivity index is 1.87. The maximum atomic E-state index is 13.4. The maximum absolute atomic E-state index is 13.4. The molecule has 3 aromatic rings. The van der Waals surface area contributed by atoms with Crippen LogP contribution in [0.4, 0.5) is 0 Å². The van der Waals surface area contributed by atoms with E-state index in [0.29, 0.717) is 23.4 Å². The minimum atomic E-state index is -1.20. The molecule has 1 aliphatic heterocycles. The van der Waals surface area contributed by atoms with E-state index in [9.17, 15) is 14.7 Å². The quantitative estimate of drug-likeness (QED) is 0.676. The Hall–Kier alpha value is -3.60. The third-order valence-electron chi connectivity index (χ3n) is 5.35. The van der Waals surface area contributed by atoms with Crippen molar-refractivity contribution in [1.29, 1.82) is 0 Å². The fourth-order valence-corrected chi connectivity index (χ4v) is 3.97. The summed E-state index contributed by atoms with van der Waals surface area (Å²) in [5, 5.41) is 12.3. The predicted octanol–water partition coefficient (Wildman–Crippen LogP) is 2.93. The van der Waals surface area contributed by atoms with Crippen molar-refractivity contribution in [1.82, 2.24) is 4.90 Å². The van der Waals surface area contributed by atoms with Crippen LogP contribution in [-0.4, -0.2) is 23.9 Å². The van der Waals surface area contributed by atoms with Crippen LogP contribution in [0.5, 0.6) is 5.75 Å². The molecule has 5 heteroatoms. The lowest BCUT2D eigenvalue weighted by molar-refractivity contribution is -0.309. The number of hydrogen-bond acceptors (Lipinski definition) is 4. The Morgan fingerprint density at radius 3 is 2.28 bits per heavy atom. The zero-order valence-corrected chi connectivity index (χ0v) is 15.9. The molecule has 0 spiro atoms. The van der Waals surface area contributed by atoms with Gasteiger partial charge in [-0.1, -0.05) is 60.7 Å². The molecule has 1 amide bonds. The average molecular weight is 386 g/mol. The highest BCUT2D eigenvalue weighted by molar-refractivity contribution is 6.00. The second-order valence-corrected chi connectivity index (χ2v) is 7.02. The van der Waals surface area contributed by atoms with Crippen LogP contribution in [0.1, 0.15) is 39.0 Å². The van der Waals surface area contributed by atoms with Crippen LogP contribution >= 0.6 is 0 Å². The monoisotopic (exact) mass is 386 g/mol. The van der Waals surface area contributed by atoms with Crippen LogP contribution in [0.25, 0.3) is 0 Å². The van der Waals surface area contributed by atoms with Crippen LogP contribution in [0.3, 0.4) is 0 Å². The molecule has 0 bridgehead atoms. The van der Waals surface area contributed by atoms with Gasteiger partial charge in [-0.25, -0.2) is 0 Å². The molecule has 1 aliphatic rings. The van der Waals surface area contributed by atoms with Gasteiger partial charge in [-0.2, -0.15) is 0 Å². The summed E-state index contributed by atoms with van der Waals surface area (Å²) in [5.41, 5.74) is 2.54. The molecule has 0 saturated heterocycles. The first-order valence-electron chi connectivity index (χ1n) is 9.39. The van der Waals surface area contributed by atoms with Gasteiger partial charge in [0.1, 0.15) is 5.75 Å². The van der Waals surface area contributed by atoms with E-state index in [1.807, 2.05) is 30.3 Å². The van der Waals surface area contributed by atoms with E-state index >= 15 is 0 Å². The van der Waals surface area contributed by atoms with Gasteiger partial charge in [0.25, 0.3) is 5.91 Å². The van der Waals surface area contributed by atoms with E-state index in [2.05, 4.69) is 0 Å². The second kappa shape index (κ2) is 7.80. The van der Waals surface area contributed by atoms with Gasteiger partial charge in [0.2, 0.25) is 0 Å². The van der Waals surface area contributed by atoms with Crippen molar-refractivity contribution >= 4 is 11.9 Å². The Kier molecular flexibility index (Phi) is 5.04. The molecular weight excluding hydrogens is 366 g/mol. The van der Waals surface area contributed by atoms with Crippen molar-refractivity contribution in [3.8, 4) is 5.75 Å². The number of carbonyl (C=O) groups excluding carboxylic acids is 2. The molecule has 0 fully saturated rings. The number of nitrogens with zero attached hydrogens (tertiary/aromatic N) is 1. The van der Waals surface area contributed by atoms with Crippen LogP contribution in [0.2, 0.25) is 0 Å². The average Bonchev–Trinajstić information content (AvgIpc) is 2.76. The lowest BCUT2D eigenvalue weighted by atomic mass is 9.79. The van der Waals surface area contributed by atoms with Crippen LogP contribution < -0.4 is 9.84 Å². The van der Waals surface area contributed by atoms with Gasteiger partial charge in [0.15, 0.2) is 0 Å². The highest BCUT2D eigenvalue weighted by Crippen LogP contribution is 2.43. The number of carbonyl (C=O) groups is 2. The number of amides is 1. The number of carboxylic acid groups (broad SMARTS) is 1. The van der Waals surface area contributed by atoms with Crippen molar-refractivity contribution in [3.05, 3.63) is 101 Å². The van der Waals surface area contributed by atoms with Crippen molar-refractivity contribution in [2.24, 2.45) is 0 Å². The number of rotatable bonds is 5. The van der Waals surface area contributed by atoms with Crippen LogP contribution in [0, 0.1) is 0 Å². The summed E-state index contributed by atoms with van der Waals surface area (Å²) < 4.78 is 5.22. The summed E-state index contributed by atoms with van der Waals surface area (Å²) in [6, 6.07) is 22.9. The minimum absolute atomic E-state index is 0.192. The SMILES string of the molecule is COc1ccc([C@H]2[C@@H](C(=O)[O-])c3ccccc3C(=O)N2Cc2ccccc2)cc1. The molecule has 146 valence electrons. The van der Waals surface area contributed by atoms with E-state index in [1.165, 1.54) is 0 Å². The Bertz CT molecular complexity index is 1030. The lowest BCUT2D eigenvalue weighted by Gasteiger charge is -2.43. The Morgan fingerprint density at radius 1 is 0.966 bits per heavy atom. The third kappa shape index (κ3) is 3.47. The van der Waals surface area contributed by atoms with Crippen molar-refractivity contribution in [2.75, 3.05) is 7.11 Å². The molecule has 0 N–H and O–H groups in total. The molecule has 3 aromatic carbocycles. The molecule has 0 saturated carbocycles. The van der Waals surface area contributed by atoms with E-state index in [0.717, 1.165) is 11.1 Å². The molecular formula is C24H20NO4-. The van der Waals surface area contributed by atoms with Crippen molar-refractivity contribution in [3.63, 3.8) is 0 Å². The standard InChI is InChI=1S/C24H21NO4/c1-29-18-13-11-17(12-14-18)22-21(24(27)28)19-9-5-6-10-20(19)23(26)25(22)15-16-7-3-2-4-8-16/h2-14,21-22H,15H2,1H3,(H,27,28)/p-1/t21-,22-/m0/s1. The molecule has 0 radical (unpaired) electrons. The van der Waals surface area contributed by atoms with Crippen molar-refractivity contribution in [2.45, 2.75) is 18.5 Å². The van der Waals surface area contributed by atoms with E-state index in [4.69, 9.17) is 4.74 Å². The molecule has 0 aliphatic carbocycles. The zero-order valence-electron chi connectivity index (χ0n) is 15.9. The summed E-state index contributed by atoms with van der Waals surface area (Å²) in [4.78, 5) is 27.3. The van der Waals surface area contributed by atoms with Crippen LogP contribution in [-0.2, 0) is 11.3 Å². The first-order chi connectivity index (χ1) is 14.1. The Morgan fingerprint density at radius 2 is 1.62 bits per heavy atom. The topological polar surface area (TPSA) is 69.7 Å². The van der Waals surface area contributed by atoms with E-state index < -0.39 is 17.9 Å².